The number of aryl methyl sites for hydroxylation is 2. The second-order valence-electron chi connectivity index (χ2n) is 6.89. The van der Waals surface area contributed by atoms with Crippen LogP contribution in [0.2, 0.25) is 5.02 Å². The fraction of sp³-hybridized carbons (Fsp3) is 0.182. The predicted molar refractivity (Wildman–Crippen MR) is 112 cm³/mol. The molecular formula is C22H19ClN4O2. The zero-order valence-electron chi connectivity index (χ0n) is 15.9. The molecule has 0 unspecified atom stereocenters. The molecule has 2 aromatic carbocycles. The Kier molecular flexibility index (Phi) is 5.27. The summed E-state index contributed by atoms with van der Waals surface area (Å²) in [6.45, 7) is 2.22. The number of carbonyl (C=O) groups is 2. The number of carbonyl (C=O) groups excluding carboxylic acids is 2. The van der Waals surface area contributed by atoms with Crippen molar-refractivity contribution in [2.75, 3.05) is 10.2 Å². The minimum Gasteiger partial charge on any atom is -0.321 e. The highest BCUT2D eigenvalue weighted by Gasteiger charge is 2.24. The van der Waals surface area contributed by atoms with Gasteiger partial charge in [0.25, 0.3) is 5.91 Å². The van der Waals surface area contributed by atoms with Crippen LogP contribution in [0.1, 0.15) is 33.9 Å². The average molecular weight is 407 g/mol. The highest BCUT2D eigenvalue weighted by molar-refractivity contribution is 6.30. The summed E-state index contributed by atoms with van der Waals surface area (Å²) in [6, 6.07) is 14.7. The first kappa shape index (κ1) is 19.1. The van der Waals surface area contributed by atoms with Crippen LogP contribution in [0.25, 0.3) is 0 Å². The van der Waals surface area contributed by atoms with E-state index in [0.717, 1.165) is 16.8 Å². The van der Waals surface area contributed by atoms with Crippen LogP contribution < -0.4 is 10.2 Å². The van der Waals surface area contributed by atoms with Crippen LogP contribution in [0.3, 0.4) is 0 Å². The molecule has 7 heteroatoms. The molecule has 0 aliphatic carbocycles. The molecule has 1 aliphatic heterocycles. The Labute approximate surface area is 173 Å². The van der Waals surface area contributed by atoms with Gasteiger partial charge < -0.3 is 10.2 Å². The van der Waals surface area contributed by atoms with Gasteiger partial charge in [-0.05, 0) is 60.9 Å². The quantitative estimate of drug-likeness (QED) is 0.705. The first-order chi connectivity index (χ1) is 14.0. The molecule has 146 valence electrons. The molecule has 1 aromatic heterocycles. The number of aromatic nitrogens is 2. The molecule has 0 saturated heterocycles. The number of benzene rings is 2. The minimum absolute atomic E-state index is 0.0840. The number of nitrogens with one attached hydrogen (secondary N) is 1. The van der Waals surface area contributed by atoms with Gasteiger partial charge in [-0.1, -0.05) is 23.7 Å². The van der Waals surface area contributed by atoms with Crippen LogP contribution >= 0.6 is 11.6 Å². The Morgan fingerprint density at radius 3 is 2.69 bits per heavy atom. The molecule has 0 spiro atoms. The van der Waals surface area contributed by atoms with Crippen LogP contribution in [0.15, 0.2) is 54.7 Å². The first-order valence-corrected chi connectivity index (χ1v) is 9.66. The fourth-order valence-electron chi connectivity index (χ4n) is 3.36. The van der Waals surface area contributed by atoms with Crippen molar-refractivity contribution in [3.8, 4) is 0 Å². The molecule has 2 amide bonds. The standard InChI is InChI=1S/C22H19ClN4O2/c1-14-24-11-10-19(25-14)22(29)26-18-7-8-20-16(12-18)4-9-21(28)27(20)13-15-2-5-17(23)6-3-15/h2-3,5-8,10-12H,4,9,13H2,1H3,(H,26,29). The Balaban J connectivity index is 1.55. The number of nitrogens with zero attached hydrogens (tertiary/aromatic N) is 3. The monoisotopic (exact) mass is 406 g/mol. The van der Waals surface area contributed by atoms with Crippen molar-refractivity contribution in [2.24, 2.45) is 0 Å². The Morgan fingerprint density at radius 1 is 1.14 bits per heavy atom. The summed E-state index contributed by atoms with van der Waals surface area (Å²) < 4.78 is 0. The number of anilines is 2. The van der Waals surface area contributed by atoms with Gasteiger partial charge >= 0.3 is 0 Å². The maximum Gasteiger partial charge on any atom is 0.274 e. The zero-order valence-corrected chi connectivity index (χ0v) is 16.6. The molecule has 0 fully saturated rings. The molecular weight excluding hydrogens is 388 g/mol. The molecule has 0 radical (unpaired) electrons. The third-order valence-corrected chi connectivity index (χ3v) is 5.05. The van der Waals surface area contributed by atoms with Crippen molar-refractivity contribution in [2.45, 2.75) is 26.3 Å². The lowest BCUT2D eigenvalue weighted by molar-refractivity contribution is -0.119. The number of rotatable bonds is 4. The first-order valence-electron chi connectivity index (χ1n) is 9.28. The predicted octanol–water partition coefficient (Wildman–Crippen LogP) is 4.17. The summed E-state index contributed by atoms with van der Waals surface area (Å²) >= 11 is 5.95. The number of hydrogen-bond acceptors (Lipinski definition) is 4. The van der Waals surface area contributed by atoms with E-state index in [0.29, 0.717) is 41.6 Å². The van der Waals surface area contributed by atoms with Crippen LogP contribution in [-0.2, 0) is 17.8 Å². The number of hydrogen-bond donors (Lipinski definition) is 1. The normalized spacial score (nSPS) is 13.2. The van der Waals surface area contributed by atoms with Gasteiger partial charge in [0, 0.05) is 29.0 Å². The Bertz CT molecular complexity index is 1080. The third-order valence-electron chi connectivity index (χ3n) is 4.80. The van der Waals surface area contributed by atoms with Crippen LogP contribution in [-0.4, -0.2) is 21.8 Å². The second kappa shape index (κ2) is 8.01. The fourth-order valence-corrected chi connectivity index (χ4v) is 3.49. The molecule has 6 nitrogen and oxygen atoms in total. The van der Waals surface area contributed by atoms with Crippen LogP contribution in [0.4, 0.5) is 11.4 Å². The lowest BCUT2D eigenvalue weighted by Crippen LogP contribution is -2.34. The van der Waals surface area contributed by atoms with Crippen molar-refractivity contribution in [1.29, 1.82) is 0 Å². The summed E-state index contributed by atoms with van der Waals surface area (Å²) in [7, 11) is 0. The van der Waals surface area contributed by atoms with E-state index in [2.05, 4.69) is 15.3 Å². The van der Waals surface area contributed by atoms with Gasteiger partial charge in [-0.3, -0.25) is 9.59 Å². The molecule has 29 heavy (non-hydrogen) atoms. The summed E-state index contributed by atoms with van der Waals surface area (Å²) in [4.78, 5) is 34.9. The van der Waals surface area contributed by atoms with E-state index in [1.54, 1.807) is 30.2 Å². The van der Waals surface area contributed by atoms with Crippen LogP contribution in [0.5, 0.6) is 0 Å². The zero-order chi connectivity index (χ0) is 20.4. The van der Waals surface area contributed by atoms with Gasteiger partial charge in [-0.2, -0.15) is 0 Å². The van der Waals surface area contributed by atoms with Gasteiger partial charge in [0.15, 0.2) is 0 Å². The van der Waals surface area contributed by atoms with E-state index in [1.807, 2.05) is 36.4 Å². The second-order valence-corrected chi connectivity index (χ2v) is 7.33. The summed E-state index contributed by atoms with van der Waals surface area (Å²) in [5.41, 5.74) is 3.88. The number of fused-ring (bicyclic) bond motifs is 1. The third kappa shape index (κ3) is 4.27. The van der Waals surface area contributed by atoms with Gasteiger partial charge in [0.2, 0.25) is 5.91 Å². The number of halogens is 1. The van der Waals surface area contributed by atoms with Crippen molar-refractivity contribution >= 4 is 34.8 Å². The molecule has 2 heterocycles. The summed E-state index contributed by atoms with van der Waals surface area (Å²) in [5, 5.41) is 3.54. The lowest BCUT2D eigenvalue weighted by atomic mass is 9.99. The minimum atomic E-state index is -0.291. The van der Waals surface area contributed by atoms with E-state index >= 15 is 0 Å². The highest BCUT2D eigenvalue weighted by Crippen LogP contribution is 2.31. The van der Waals surface area contributed by atoms with Crippen molar-refractivity contribution < 1.29 is 9.59 Å². The Hall–Kier alpha value is -3.25. The highest BCUT2D eigenvalue weighted by atomic mass is 35.5. The molecule has 0 atom stereocenters. The van der Waals surface area contributed by atoms with E-state index in [9.17, 15) is 9.59 Å². The summed E-state index contributed by atoms with van der Waals surface area (Å²) in [5.74, 6) is 0.334. The van der Waals surface area contributed by atoms with Gasteiger partial charge in [-0.25, -0.2) is 9.97 Å². The van der Waals surface area contributed by atoms with Crippen molar-refractivity contribution in [3.05, 3.63) is 82.4 Å². The molecule has 1 aliphatic rings. The SMILES string of the molecule is Cc1nccc(C(=O)Nc2ccc3c(c2)CCC(=O)N3Cc2ccc(Cl)cc2)n1. The molecule has 0 saturated carbocycles. The van der Waals surface area contributed by atoms with Gasteiger partial charge in [-0.15, -0.1) is 0 Å². The van der Waals surface area contributed by atoms with Gasteiger partial charge in [0.05, 0.1) is 6.54 Å². The van der Waals surface area contributed by atoms with Gasteiger partial charge in [0.1, 0.15) is 11.5 Å². The van der Waals surface area contributed by atoms with E-state index < -0.39 is 0 Å². The average Bonchev–Trinajstić information content (AvgIpc) is 2.71. The topological polar surface area (TPSA) is 75.2 Å². The smallest absolute Gasteiger partial charge is 0.274 e. The molecule has 4 rings (SSSR count). The van der Waals surface area contributed by atoms with Crippen LogP contribution in [0, 0.1) is 6.92 Å². The van der Waals surface area contributed by atoms with Crippen molar-refractivity contribution in [1.82, 2.24) is 9.97 Å². The van der Waals surface area contributed by atoms with E-state index in [1.165, 1.54) is 0 Å². The molecule has 0 bridgehead atoms. The van der Waals surface area contributed by atoms with E-state index in [-0.39, 0.29) is 11.8 Å². The number of amides is 2. The maximum atomic E-state index is 12.5. The van der Waals surface area contributed by atoms with Crippen molar-refractivity contribution in [3.63, 3.8) is 0 Å². The molecule has 1 N–H and O–H groups in total. The maximum absolute atomic E-state index is 12.5. The van der Waals surface area contributed by atoms with E-state index in [4.69, 9.17) is 11.6 Å². The summed E-state index contributed by atoms with van der Waals surface area (Å²) in [6.07, 6.45) is 2.63. The molecule has 3 aromatic rings. The largest absolute Gasteiger partial charge is 0.321 e. The lowest BCUT2D eigenvalue weighted by Gasteiger charge is -2.30. The Morgan fingerprint density at radius 2 is 1.93 bits per heavy atom.